The van der Waals surface area contributed by atoms with Crippen LogP contribution in [0.1, 0.15) is 26.3 Å². The molecule has 43 heavy (non-hydrogen) atoms. The van der Waals surface area contributed by atoms with Crippen LogP contribution in [0.3, 0.4) is 0 Å². The van der Waals surface area contributed by atoms with E-state index in [2.05, 4.69) is 10.2 Å². The van der Waals surface area contributed by atoms with Crippen LogP contribution in [0.25, 0.3) is 44.9 Å². The van der Waals surface area contributed by atoms with Crippen LogP contribution in [0.2, 0.25) is 0 Å². The average molecular weight is 577 g/mol. The number of ether oxygens (including phenoxy) is 2. The van der Waals surface area contributed by atoms with Gasteiger partial charge in [0.25, 0.3) is 0 Å². The number of fused-ring (bicyclic) bond motifs is 1. The van der Waals surface area contributed by atoms with Gasteiger partial charge in [-0.3, -0.25) is 9.59 Å². The summed E-state index contributed by atoms with van der Waals surface area (Å²) in [5.74, 6) is 0.924. The quantitative estimate of drug-likeness (QED) is 0.192. The van der Waals surface area contributed by atoms with E-state index in [1.165, 1.54) is 21.6 Å². The second-order valence-corrected chi connectivity index (χ2v) is 9.66. The maximum absolute atomic E-state index is 12.5. The summed E-state index contributed by atoms with van der Waals surface area (Å²) in [5, 5.41) is 21.5. The number of aryl methyl sites for hydroxylation is 1. The predicted octanol–water partition coefficient (Wildman–Crippen LogP) is 5.15. The molecular weight excluding hydrogens is 552 g/mol. The molecule has 214 valence electrons. The van der Waals surface area contributed by atoms with Crippen LogP contribution in [0, 0.1) is 6.92 Å². The lowest BCUT2D eigenvalue weighted by Crippen LogP contribution is -2.01. The molecule has 0 bridgehead atoms. The highest BCUT2D eigenvalue weighted by Gasteiger charge is 2.26. The van der Waals surface area contributed by atoms with Gasteiger partial charge >= 0.3 is 5.63 Å². The first-order valence-electron chi connectivity index (χ1n) is 13.0. The topological polar surface area (TPSA) is 139 Å². The molecule has 3 aromatic carbocycles. The van der Waals surface area contributed by atoms with Crippen LogP contribution in [0.4, 0.5) is 0 Å². The first-order chi connectivity index (χ1) is 20.8. The number of aromatic nitrogens is 4. The van der Waals surface area contributed by atoms with Crippen molar-refractivity contribution in [2.45, 2.75) is 6.92 Å². The Labute approximate surface area is 244 Å². The average Bonchev–Trinajstić information content (AvgIpc) is 3.65. The van der Waals surface area contributed by atoms with Gasteiger partial charge in [0.15, 0.2) is 18.2 Å². The molecule has 0 amide bonds. The summed E-state index contributed by atoms with van der Waals surface area (Å²) in [7, 11) is 3.12. The van der Waals surface area contributed by atoms with Crippen molar-refractivity contribution in [3.05, 3.63) is 100 Å². The molecule has 3 aromatic heterocycles. The van der Waals surface area contributed by atoms with Crippen LogP contribution in [0.15, 0.2) is 82.3 Å². The molecule has 1 N–H and O–H groups in total. The predicted molar refractivity (Wildman–Crippen MR) is 158 cm³/mol. The lowest BCUT2D eigenvalue weighted by Gasteiger charge is -2.13. The fourth-order valence-electron chi connectivity index (χ4n) is 4.92. The molecule has 0 saturated heterocycles. The largest absolute Gasteiger partial charge is 0.506 e. The Morgan fingerprint density at radius 2 is 1.30 bits per heavy atom. The standard InChI is InChI=1S/C32H24N4O7/c1-18-12-27(39)43-32-25(18)13-26(29-19(16-37)14-35(33-29)21-4-8-23(41-2)9-5-21)31(40)28(32)30-20(17-38)15-36(34-30)22-6-10-24(42-3)11-7-22/h4-17,40H,1-3H3. The molecule has 11 heteroatoms. The smallest absolute Gasteiger partial charge is 0.336 e. The van der Waals surface area contributed by atoms with Gasteiger partial charge in [-0.2, -0.15) is 10.2 Å². The Morgan fingerprint density at radius 1 is 0.791 bits per heavy atom. The number of carbonyl (C=O) groups is 2. The van der Waals surface area contributed by atoms with Gasteiger partial charge in [-0.1, -0.05) is 0 Å². The van der Waals surface area contributed by atoms with E-state index in [4.69, 9.17) is 13.9 Å². The molecule has 3 heterocycles. The van der Waals surface area contributed by atoms with E-state index >= 15 is 0 Å². The zero-order valence-corrected chi connectivity index (χ0v) is 23.3. The summed E-state index contributed by atoms with van der Waals surface area (Å²) in [6.07, 6.45) is 4.29. The van der Waals surface area contributed by atoms with E-state index in [0.717, 1.165) is 0 Å². The van der Waals surface area contributed by atoms with E-state index in [1.54, 1.807) is 81.9 Å². The van der Waals surface area contributed by atoms with Crippen molar-refractivity contribution < 1.29 is 28.6 Å². The Hall–Kier alpha value is -5.97. The highest BCUT2D eigenvalue weighted by molar-refractivity contribution is 6.05. The number of aromatic hydroxyl groups is 1. The van der Waals surface area contributed by atoms with Crippen LogP contribution < -0.4 is 15.1 Å². The van der Waals surface area contributed by atoms with E-state index in [0.29, 0.717) is 46.4 Å². The van der Waals surface area contributed by atoms with Crippen LogP contribution in [-0.2, 0) is 0 Å². The second kappa shape index (κ2) is 10.8. The number of carbonyl (C=O) groups excluding carboxylic acids is 2. The van der Waals surface area contributed by atoms with E-state index < -0.39 is 5.63 Å². The minimum Gasteiger partial charge on any atom is -0.506 e. The molecular formula is C32H24N4O7. The highest BCUT2D eigenvalue weighted by Crippen LogP contribution is 2.44. The fourth-order valence-corrected chi connectivity index (χ4v) is 4.92. The van der Waals surface area contributed by atoms with E-state index in [1.807, 2.05) is 0 Å². The number of rotatable bonds is 8. The summed E-state index contributed by atoms with van der Waals surface area (Å²) >= 11 is 0. The number of aldehydes is 2. The van der Waals surface area contributed by atoms with Gasteiger partial charge in [0, 0.05) is 29.4 Å². The molecule has 6 rings (SSSR count). The Bertz CT molecular complexity index is 2070. The molecule has 0 spiro atoms. The zero-order valence-electron chi connectivity index (χ0n) is 23.3. The van der Waals surface area contributed by atoms with E-state index in [9.17, 15) is 19.5 Å². The zero-order chi connectivity index (χ0) is 30.2. The molecule has 0 radical (unpaired) electrons. The Kier molecular flexibility index (Phi) is 6.82. The maximum atomic E-state index is 12.5. The third kappa shape index (κ3) is 4.72. The molecule has 0 unspecified atom stereocenters. The Morgan fingerprint density at radius 3 is 1.81 bits per heavy atom. The number of nitrogens with zero attached hydrogens (tertiary/aromatic N) is 4. The highest BCUT2D eigenvalue weighted by atomic mass is 16.5. The fraction of sp³-hybridized carbons (Fsp3) is 0.0938. The lowest BCUT2D eigenvalue weighted by atomic mass is 9.95. The van der Waals surface area contributed by atoms with Crippen LogP contribution in [0.5, 0.6) is 17.2 Å². The first kappa shape index (κ1) is 27.2. The molecule has 6 aromatic rings. The molecule has 0 aliphatic heterocycles. The van der Waals surface area contributed by atoms with Crippen molar-refractivity contribution in [1.29, 1.82) is 0 Å². The lowest BCUT2D eigenvalue weighted by molar-refractivity contribution is 0.111. The second-order valence-electron chi connectivity index (χ2n) is 9.66. The van der Waals surface area contributed by atoms with Crippen molar-refractivity contribution in [1.82, 2.24) is 19.6 Å². The summed E-state index contributed by atoms with van der Waals surface area (Å²) in [4.78, 5) is 37.0. The number of hydrogen-bond acceptors (Lipinski definition) is 9. The minimum atomic E-state index is -0.641. The van der Waals surface area contributed by atoms with Gasteiger partial charge in [0.2, 0.25) is 0 Å². The van der Waals surface area contributed by atoms with Crippen LogP contribution >= 0.6 is 0 Å². The van der Waals surface area contributed by atoms with Gasteiger partial charge in [-0.25, -0.2) is 14.2 Å². The van der Waals surface area contributed by atoms with Crippen molar-refractivity contribution >= 4 is 23.5 Å². The molecule has 0 saturated carbocycles. The SMILES string of the molecule is COc1ccc(-n2cc(C=O)c(-c3cc4c(C)cc(=O)oc4c(-c4nn(-c5ccc(OC)cc5)cc4C=O)c3O)n2)cc1. The molecule has 0 fully saturated rings. The number of phenols is 1. The third-order valence-corrected chi connectivity index (χ3v) is 7.12. The number of methoxy groups -OCH3 is 2. The summed E-state index contributed by atoms with van der Waals surface area (Å²) in [6.45, 7) is 1.72. The number of benzene rings is 3. The van der Waals surface area contributed by atoms with Gasteiger partial charge in [0.05, 0.1) is 42.3 Å². The van der Waals surface area contributed by atoms with Crippen molar-refractivity contribution in [3.63, 3.8) is 0 Å². The van der Waals surface area contributed by atoms with Crippen molar-refractivity contribution in [2.24, 2.45) is 0 Å². The van der Waals surface area contributed by atoms with E-state index in [-0.39, 0.29) is 45.0 Å². The van der Waals surface area contributed by atoms with Gasteiger partial charge in [-0.05, 0) is 67.1 Å². The maximum Gasteiger partial charge on any atom is 0.336 e. The summed E-state index contributed by atoms with van der Waals surface area (Å²) in [6, 6.07) is 17.0. The molecule has 0 atom stereocenters. The Balaban J connectivity index is 1.60. The molecule has 11 nitrogen and oxygen atoms in total. The summed E-state index contributed by atoms with van der Waals surface area (Å²) in [5.41, 5.74) is 2.01. The molecule has 0 aliphatic rings. The van der Waals surface area contributed by atoms with Crippen molar-refractivity contribution in [2.75, 3.05) is 14.2 Å². The van der Waals surface area contributed by atoms with Gasteiger partial charge in [0.1, 0.15) is 28.6 Å². The van der Waals surface area contributed by atoms with Crippen LogP contribution in [-0.4, -0.2) is 51.5 Å². The first-order valence-corrected chi connectivity index (χ1v) is 13.0. The minimum absolute atomic E-state index is 0.0125. The normalized spacial score (nSPS) is 11.0. The van der Waals surface area contributed by atoms with Crippen molar-refractivity contribution in [3.8, 4) is 51.1 Å². The molecule has 0 aliphatic carbocycles. The monoisotopic (exact) mass is 576 g/mol. The van der Waals surface area contributed by atoms with Gasteiger partial charge in [-0.15, -0.1) is 0 Å². The number of hydrogen-bond donors (Lipinski definition) is 1. The third-order valence-electron chi connectivity index (χ3n) is 7.12. The summed E-state index contributed by atoms with van der Waals surface area (Å²) < 4.78 is 19.0. The van der Waals surface area contributed by atoms with Gasteiger partial charge < -0.3 is 19.0 Å². The number of phenolic OH excluding ortho intramolecular Hbond substituents is 1.